The van der Waals surface area contributed by atoms with Crippen molar-refractivity contribution in [2.75, 3.05) is 0 Å². The van der Waals surface area contributed by atoms with E-state index in [0.29, 0.717) is 5.25 Å². The van der Waals surface area contributed by atoms with Crippen LogP contribution in [-0.4, -0.2) is 5.25 Å². The summed E-state index contributed by atoms with van der Waals surface area (Å²) in [4.78, 5) is 0. The van der Waals surface area contributed by atoms with Crippen molar-refractivity contribution in [3.63, 3.8) is 0 Å². The molecule has 1 aliphatic carbocycles. The van der Waals surface area contributed by atoms with Gasteiger partial charge in [0.1, 0.15) is 0 Å². The summed E-state index contributed by atoms with van der Waals surface area (Å²) in [6.45, 7) is 0. The van der Waals surface area contributed by atoms with E-state index in [1.807, 2.05) is 0 Å². The smallest absolute Gasteiger partial charge is 0.00944 e. The Morgan fingerprint density at radius 1 is 1.12 bits per heavy atom. The maximum Gasteiger partial charge on any atom is 0.00944 e. The summed E-state index contributed by atoms with van der Waals surface area (Å²) >= 11 is 4.69. The van der Waals surface area contributed by atoms with Gasteiger partial charge in [0.05, 0.1) is 0 Å². The normalized spacial score (nSPS) is 16.9. The van der Waals surface area contributed by atoms with E-state index in [-0.39, 0.29) is 0 Å². The molecule has 1 unspecified atom stereocenters. The minimum absolute atomic E-state index is 0.445. The van der Waals surface area contributed by atoms with Gasteiger partial charge in [0, 0.05) is 5.25 Å². The fraction of sp³-hybridized carbons (Fsp3) is 0.333. The van der Waals surface area contributed by atoms with Crippen molar-refractivity contribution in [3.05, 3.63) is 59.7 Å². The highest BCUT2D eigenvalue weighted by Gasteiger charge is 2.08. The average molecular weight is 230 g/mol. The third-order valence-electron chi connectivity index (χ3n) is 2.91. The van der Waals surface area contributed by atoms with Crippen LogP contribution in [0.5, 0.6) is 0 Å². The molecule has 1 aromatic rings. The van der Waals surface area contributed by atoms with Crippen molar-refractivity contribution in [2.45, 2.75) is 30.9 Å². The van der Waals surface area contributed by atoms with E-state index >= 15 is 0 Å². The Hall–Kier alpha value is -0.950. The van der Waals surface area contributed by atoms with E-state index in [1.165, 1.54) is 18.4 Å². The van der Waals surface area contributed by atoms with Gasteiger partial charge >= 0.3 is 0 Å². The summed E-state index contributed by atoms with van der Waals surface area (Å²) in [5.74, 6) is 0. The molecule has 1 aliphatic rings. The lowest BCUT2D eigenvalue weighted by Crippen LogP contribution is -2.05. The first kappa shape index (κ1) is 11.5. The quantitative estimate of drug-likeness (QED) is 0.737. The van der Waals surface area contributed by atoms with Gasteiger partial charge in [0.2, 0.25) is 0 Å². The van der Waals surface area contributed by atoms with Crippen LogP contribution in [0.15, 0.2) is 54.1 Å². The third-order valence-corrected chi connectivity index (χ3v) is 3.28. The van der Waals surface area contributed by atoms with Crippen molar-refractivity contribution < 1.29 is 0 Å². The highest BCUT2D eigenvalue weighted by Crippen LogP contribution is 2.21. The van der Waals surface area contributed by atoms with Gasteiger partial charge < -0.3 is 0 Å². The molecule has 2 rings (SSSR count). The van der Waals surface area contributed by atoms with Crippen molar-refractivity contribution >= 4 is 12.6 Å². The Bertz CT molecular complexity index is 376. The minimum atomic E-state index is 0.445. The zero-order valence-corrected chi connectivity index (χ0v) is 10.4. The zero-order valence-electron chi connectivity index (χ0n) is 9.47. The molecule has 16 heavy (non-hydrogen) atoms. The second kappa shape index (κ2) is 5.95. The molecule has 1 atom stereocenters. The van der Waals surface area contributed by atoms with E-state index in [4.69, 9.17) is 0 Å². The van der Waals surface area contributed by atoms with E-state index in [0.717, 1.165) is 12.8 Å². The van der Waals surface area contributed by atoms with Gasteiger partial charge in [-0.15, -0.1) is 0 Å². The Morgan fingerprint density at radius 2 is 1.94 bits per heavy atom. The summed E-state index contributed by atoms with van der Waals surface area (Å²) in [6.07, 6.45) is 11.2. The molecule has 0 heterocycles. The fourth-order valence-electron chi connectivity index (χ4n) is 2.08. The number of thiol groups is 1. The molecule has 0 saturated heterocycles. The van der Waals surface area contributed by atoms with E-state index in [2.05, 4.69) is 61.2 Å². The average Bonchev–Trinajstić information content (AvgIpc) is 2.31. The first-order chi connectivity index (χ1) is 7.84. The van der Waals surface area contributed by atoms with Gasteiger partial charge in [-0.25, -0.2) is 0 Å². The Morgan fingerprint density at radius 3 is 2.62 bits per heavy atom. The number of benzene rings is 1. The molecule has 84 valence electrons. The van der Waals surface area contributed by atoms with Gasteiger partial charge in [0.15, 0.2) is 0 Å². The maximum atomic E-state index is 4.69. The first-order valence-corrected chi connectivity index (χ1v) is 6.43. The lowest BCUT2D eigenvalue weighted by molar-refractivity contribution is 0.787. The number of rotatable bonds is 4. The van der Waals surface area contributed by atoms with Crippen LogP contribution in [0.25, 0.3) is 0 Å². The highest BCUT2D eigenvalue weighted by atomic mass is 32.1. The summed E-state index contributed by atoms with van der Waals surface area (Å²) in [5.41, 5.74) is 2.92. The predicted octanol–water partition coefficient (Wildman–Crippen LogP) is 4.19. The molecule has 0 spiro atoms. The van der Waals surface area contributed by atoms with Gasteiger partial charge in [-0.3, -0.25) is 0 Å². The molecule has 0 nitrogen and oxygen atoms in total. The standard InChI is InChI=1S/C15H18S/c16-15(11-13-7-3-1-4-8-13)12-14-9-5-2-6-10-14/h1-5,7-9,15-16H,6,10-12H2. The SMILES string of the molecule is SC(CC1=CC=CCC1)Cc1ccccc1. The van der Waals surface area contributed by atoms with Gasteiger partial charge in [-0.1, -0.05) is 54.1 Å². The van der Waals surface area contributed by atoms with Crippen LogP contribution in [0, 0.1) is 0 Å². The molecule has 0 saturated carbocycles. The van der Waals surface area contributed by atoms with Crippen LogP contribution in [0.1, 0.15) is 24.8 Å². The lowest BCUT2D eigenvalue weighted by Gasteiger charge is -2.14. The molecule has 0 fully saturated rings. The molecule has 0 aromatic heterocycles. The summed E-state index contributed by atoms with van der Waals surface area (Å²) in [5, 5.41) is 0.445. The van der Waals surface area contributed by atoms with E-state index < -0.39 is 0 Å². The maximum absolute atomic E-state index is 4.69. The minimum Gasteiger partial charge on any atom is -0.175 e. The van der Waals surface area contributed by atoms with Crippen LogP contribution in [0.3, 0.4) is 0 Å². The van der Waals surface area contributed by atoms with Crippen LogP contribution < -0.4 is 0 Å². The molecule has 0 N–H and O–H groups in total. The van der Waals surface area contributed by atoms with Crippen LogP contribution in [0.2, 0.25) is 0 Å². The molecule has 1 aromatic carbocycles. The summed E-state index contributed by atoms with van der Waals surface area (Å²) in [7, 11) is 0. The molecule has 0 bridgehead atoms. The topological polar surface area (TPSA) is 0 Å². The second-order valence-electron chi connectivity index (χ2n) is 4.34. The second-order valence-corrected chi connectivity index (χ2v) is 5.07. The molecular weight excluding hydrogens is 212 g/mol. The van der Waals surface area contributed by atoms with Gasteiger partial charge in [-0.2, -0.15) is 12.6 Å². The van der Waals surface area contributed by atoms with Crippen LogP contribution in [0.4, 0.5) is 0 Å². The molecule has 0 radical (unpaired) electrons. The van der Waals surface area contributed by atoms with Gasteiger partial charge in [0.25, 0.3) is 0 Å². The predicted molar refractivity (Wildman–Crippen MR) is 74.0 cm³/mol. The number of hydrogen-bond donors (Lipinski definition) is 1. The Labute approximate surface area is 103 Å². The lowest BCUT2D eigenvalue weighted by atomic mass is 9.97. The van der Waals surface area contributed by atoms with Gasteiger partial charge in [-0.05, 0) is 31.2 Å². The molecule has 1 heteroatoms. The van der Waals surface area contributed by atoms with Crippen LogP contribution in [-0.2, 0) is 6.42 Å². The van der Waals surface area contributed by atoms with E-state index in [1.54, 1.807) is 5.57 Å². The largest absolute Gasteiger partial charge is 0.175 e. The Balaban J connectivity index is 1.87. The Kier molecular flexibility index (Phi) is 4.29. The summed E-state index contributed by atoms with van der Waals surface area (Å²) in [6, 6.07) is 10.6. The first-order valence-electron chi connectivity index (χ1n) is 5.91. The van der Waals surface area contributed by atoms with Crippen molar-refractivity contribution in [2.24, 2.45) is 0 Å². The number of hydrogen-bond acceptors (Lipinski definition) is 1. The zero-order chi connectivity index (χ0) is 11.2. The van der Waals surface area contributed by atoms with Crippen LogP contribution >= 0.6 is 12.6 Å². The fourth-order valence-corrected chi connectivity index (χ4v) is 2.53. The van der Waals surface area contributed by atoms with E-state index in [9.17, 15) is 0 Å². The third kappa shape index (κ3) is 3.57. The summed E-state index contributed by atoms with van der Waals surface area (Å²) < 4.78 is 0. The van der Waals surface area contributed by atoms with Crippen molar-refractivity contribution in [3.8, 4) is 0 Å². The van der Waals surface area contributed by atoms with Crippen molar-refractivity contribution in [1.82, 2.24) is 0 Å². The monoisotopic (exact) mass is 230 g/mol. The molecule has 0 aliphatic heterocycles. The highest BCUT2D eigenvalue weighted by molar-refractivity contribution is 7.81. The molecular formula is C15H18S. The number of allylic oxidation sites excluding steroid dienone is 4. The molecule has 0 amide bonds. The van der Waals surface area contributed by atoms with Crippen molar-refractivity contribution in [1.29, 1.82) is 0 Å².